The van der Waals surface area contributed by atoms with Crippen molar-refractivity contribution in [3.8, 4) is 11.5 Å². The highest BCUT2D eigenvalue weighted by molar-refractivity contribution is 5.85. The van der Waals surface area contributed by atoms with Crippen LogP contribution in [0.15, 0.2) is 48.7 Å². The van der Waals surface area contributed by atoms with E-state index in [9.17, 15) is 9.59 Å². The van der Waals surface area contributed by atoms with Crippen LogP contribution >= 0.6 is 0 Å². The van der Waals surface area contributed by atoms with Crippen molar-refractivity contribution >= 4 is 22.7 Å². The monoisotopic (exact) mass is 551 g/mol. The second-order valence-electron chi connectivity index (χ2n) is 10.1. The van der Waals surface area contributed by atoms with Gasteiger partial charge in [-0.25, -0.2) is 0 Å². The molecular formula is C32H45N3O5. The van der Waals surface area contributed by atoms with Crippen molar-refractivity contribution in [1.82, 2.24) is 14.8 Å². The highest BCUT2D eigenvalue weighted by Crippen LogP contribution is 2.28. The van der Waals surface area contributed by atoms with Crippen LogP contribution < -0.4 is 9.47 Å². The predicted molar refractivity (Wildman–Crippen MR) is 159 cm³/mol. The van der Waals surface area contributed by atoms with Gasteiger partial charge in [0.25, 0.3) is 0 Å². The van der Waals surface area contributed by atoms with Crippen LogP contribution in [0.25, 0.3) is 10.9 Å². The van der Waals surface area contributed by atoms with Gasteiger partial charge in [-0.3, -0.25) is 9.59 Å². The molecule has 1 N–H and O–H groups in total. The summed E-state index contributed by atoms with van der Waals surface area (Å²) in [5.41, 5.74) is 3.15. The van der Waals surface area contributed by atoms with E-state index in [4.69, 9.17) is 14.2 Å². The number of para-hydroxylation sites is 1. The average Bonchev–Trinajstić information content (AvgIpc) is 3.39. The summed E-state index contributed by atoms with van der Waals surface area (Å²) in [5, 5.41) is 1.15. The largest absolute Gasteiger partial charge is 0.493 e. The lowest BCUT2D eigenvalue weighted by Crippen LogP contribution is -2.44. The maximum atomic E-state index is 13.8. The molecule has 8 heteroatoms. The first-order valence-corrected chi connectivity index (χ1v) is 14.3. The fourth-order valence-corrected chi connectivity index (χ4v) is 4.88. The summed E-state index contributed by atoms with van der Waals surface area (Å²) in [7, 11) is 4.81. The number of benzene rings is 2. The third-order valence-electron chi connectivity index (χ3n) is 7.24. The van der Waals surface area contributed by atoms with Crippen LogP contribution in [0.2, 0.25) is 0 Å². The standard InChI is InChI=1S/C32H45N3O5/c1-5-6-7-8-9-14-31(36)35(19-20-38-2)24-32(37)34(23-25-15-16-29(39-3)30(21-25)40-4)18-17-26-22-33-28-13-11-10-12-27(26)28/h10-13,15-16,21-22,33H,5-9,14,17-20,23-24H2,1-4H3. The van der Waals surface area contributed by atoms with E-state index in [-0.39, 0.29) is 18.4 Å². The molecule has 0 saturated carbocycles. The number of hydrogen-bond acceptors (Lipinski definition) is 5. The van der Waals surface area contributed by atoms with Gasteiger partial charge in [-0.1, -0.05) is 56.9 Å². The lowest BCUT2D eigenvalue weighted by atomic mass is 10.1. The molecule has 1 heterocycles. The first-order valence-electron chi connectivity index (χ1n) is 14.3. The fraction of sp³-hybridized carbons (Fsp3) is 0.500. The predicted octanol–water partition coefficient (Wildman–Crippen LogP) is 5.59. The van der Waals surface area contributed by atoms with Gasteiger partial charge in [0.2, 0.25) is 11.8 Å². The number of aromatic nitrogens is 1. The number of H-pyrrole nitrogens is 1. The number of aromatic amines is 1. The van der Waals surface area contributed by atoms with Crippen molar-refractivity contribution in [3.63, 3.8) is 0 Å². The molecule has 0 radical (unpaired) electrons. The molecule has 3 rings (SSSR count). The second kappa shape index (κ2) is 16.6. The molecule has 0 fully saturated rings. The maximum Gasteiger partial charge on any atom is 0.242 e. The molecule has 0 aliphatic carbocycles. The minimum Gasteiger partial charge on any atom is -0.493 e. The number of unbranched alkanes of at least 4 members (excludes halogenated alkanes) is 4. The van der Waals surface area contributed by atoms with Gasteiger partial charge in [0.1, 0.15) is 0 Å². The zero-order chi connectivity index (χ0) is 28.7. The highest BCUT2D eigenvalue weighted by atomic mass is 16.5. The molecule has 2 aromatic carbocycles. The molecule has 40 heavy (non-hydrogen) atoms. The van der Waals surface area contributed by atoms with Gasteiger partial charge in [-0.05, 0) is 42.2 Å². The smallest absolute Gasteiger partial charge is 0.242 e. The Bertz CT molecular complexity index is 1210. The quantitative estimate of drug-likeness (QED) is 0.208. The Morgan fingerprint density at radius 3 is 2.38 bits per heavy atom. The molecule has 0 aliphatic heterocycles. The van der Waals surface area contributed by atoms with E-state index in [1.54, 1.807) is 26.2 Å². The Labute approximate surface area is 238 Å². The van der Waals surface area contributed by atoms with Crippen molar-refractivity contribution in [1.29, 1.82) is 0 Å². The molecule has 218 valence electrons. The number of fused-ring (bicyclic) bond motifs is 1. The number of nitrogens with one attached hydrogen (secondary N) is 1. The van der Waals surface area contributed by atoms with E-state index in [0.717, 1.165) is 47.7 Å². The molecule has 8 nitrogen and oxygen atoms in total. The summed E-state index contributed by atoms with van der Waals surface area (Å²) in [6, 6.07) is 13.9. The number of hydrogen-bond donors (Lipinski definition) is 1. The van der Waals surface area contributed by atoms with E-state index in [1.807, 2.05) is 47.5 Å². The summed E-state index contributed by atoms with van der Waals surface area (Å²) in [4.78, 5) is 33.7. The zero-order valence-electron chi connectivity index (χ0n) is 24.5. The third kappa shape index (κ3) is 9.01. The Morgan fingerprint density at radius 2 is 1.62 bits per heavy atom. The van der Waals surface area contributed by atoms with Gasteiger partial charge in [0.05, 0.1) is 27.4 Å². The number of nitrogens with zero attached hydrogens (tertiary/aromatic N) is 2. The number of amides is 2. The van der Waals surface area contributed by atoms with Gasteiger partial charge < -0.3 is 29.0 Å². The van der Waals surface area contributed by atoms with Gasteiger partial charge in [0.15, 0.2) is 11.5 Å². The molecule has 0 atom stereocenters. The van der Waals surface area contributed by atoms with Crippen LogP contribution in [0, 0.1) is 0 Å². The summed E-state index contributed by atoms with van der Waals surface area (Å²) in [6.07, 6.45) is 8.50. The molecule has 0 spiro atoms. The van der Waals surface area contributed by atoms with Crippen LogP contribution in [0.5, 0.6) is 11.5 Å². The molecule has 1 aromatic heterocycles. The SMILES string of the molecule is CCCCCCCC(=O)N(CCOC)CC(=O)N(CCc1c[nH]c2ccccc12)Cc1ccc(OC)c(OC)c1. The van der Waals surface area contributed by atoms with Gasteiger partial charge in [0, 0.05) is 50.3 Å². The summed E-state index contributed by atoms with van der Waals surface area (Å²) < 4.78 is 16.1. The van der Waals surface area contributed by atoms with E-state index in [1.165, 1.54) is 6.42 Å². The van der Waals surface area contributed by atoms with Crippen LogP contribution in [-0.4, -0.2) is 74.2 Å². The zero-order valence-corrected chi connectivity index (χ0v) is 24.5. The Balaban J connectivity index is 1.76. The van der Waals surface area contributed by atoms with E-state index in [0.29, 0.717) is 50.6 Å². The van der Waals surface area contributed by atoms with Gasteiger partial charge in [-0.15, -0.1) is 0 Å². The lowest BCUT2D eigenvalue weighted by Gasteiger charge is -2.28. The number of rotatable bonds is 18. The lowest BCUT2D eigenvalue weighted by molar-refractivity contribution is -0.141. The van der Waals surface area contributed by atoms with E-state index in [2.05, 4.69) is 18.0 Å². The maximum absolute atomic E-state index is 13.8. The van der Waals surface area contributed by atoms with Gasteiger partial charge >= 0.3 is 0 Å². The van der Waals surface area contributed by atoms with Crippen molar-refractivity contribution in [2.24, 2.45) is 0 Å². The van der Waals surface area contributed by atoms with Crippen LogP contribution in [0.3, 0.4) is 0 Å². The number of carbonyl (C=O) groups is 2. The van der Waals surface area contributed by atoms with E-state index >= 15 is 0 Å². The minimum atomic E-state index is -0.0925. The van der Waals surface area contributed by atoms with Crippen LogP contribution in [-0.2, 0) is 27.3 Å². The minimum absolute atomic E-state index is 0.00425. The number of methoxy groups -OCH3 is 3. The first kappa shape index (κ1) is 31.0. The molecular weight excluding hydrogens is 506 g/mol. The summed E-state index contributed by atoms with van der Waals surface area (Å²) in [5.74, 6) is 1.16. The van der Waals surface area contributed by atoms with Crippen molar-refractivity contribution in [2.75, 3.05) is 47.6 Å². The number of ether oxygens (including phenoxy) is 3. The second-order valence-corrected chi connectivity index (χ2v) is 10.1. The van der Waals surface area contributed by atoms with Crippen molar-refractivity contribution in [3.05, 3.63) is 59.8 Å². The molecule has 2 amide bonds. The fourth-order valence-electron chi connectivity index (χ4n) is 4.88. The highest BCUT2D eigenvalue weighted by Gasteiger charge is 2.22. The van der Waals surface area contributed by atoms with Crippen LogP contribution in [0.1, 0.15) is 56.6 Å². The molecule has 0 unspecified atom stereocenters. The molecule has 0 bridgehead atoms. The van der Waals surface area contributed by atoms with Crippen LogP contribution in [0.4, 0.5) is 0 Å². The number of carbonyl (C=O) groups excluding carboxylic acids is 2. The Morgan fingerprint density at radius 1 is 0.850 bits per heavy atom. The average molecular weight is 552 g/mol. The molecule has 0 aliphatic rings. The first-order chi connectivity index (χ1) is 19.5. The summed E-state index contributed by atoms with van der Waals surface area (Å²) >= 11 is 0. The van der Waals surface area contributed by atoms with Crippen molar-refractivity contribution < 1.29 is 23.8 Å². The topological polar surface area (TPSA) is 84.1 Å². The Hall–Kier alpha value is -3.52. The Kier molecular flexibility index (Phi) is 12.8. The third-order valence-corrected chi connectivity index (χ3v) is 7.24. The van der Waals surface area contributed by atoms with Gasteiger partial charge in [-0.2, -0.15) is 0 Å². The normalized spacial score (nSPS) is 11.0. The molecule has 0 saturated heterocycles. The van der Waals surface area contributed by atoms with E-state index < -0.39 is 0 Å². The summed E-state index contributed by atoms with van der Waals surface area (Å²) in [6.45, 7) is 3.89. The molecule has 3 aromatic rings. The van der Waals surface area contributed by atoms with Crippen molar-refractivity contribution in [2.45, 2.75) is 58.4 Å².